The molecule has 0 unspecified atom stereocenters. The molecule has 0 heterocycles. The second-order valence-electron chi connectivity index (χ2n) is 4.29. The number of ether oxygens (including phenoxy) is 1. The van der Waals surface area contributed by atoms with Crippen LogP contribution in [0, 0.1) is 12.3 Å². The van der Waals surface area contributed by atoms with Crippen LogP contribution in [0.5, 0.6) is 0 Å². The summed E-state index contributed by atoms with van der Waals surface area (Å²) in [5.74, 6) is 2.08. The van der Waals surface area contributed by atoms with Crippen LogP contribution in [0.3, 0.4) is 0 Å². The van der Waals surface area contributed by atoms with Gasteiger partial charge in [-0.15, -0.1) is 6.42 Å². The van der Waals surface area contributed by atoms with Crippen molar-refractivity contribution in [2.75, 3.05) is 6.61 Å². The molecule has 1 atom stereocenters. The van der Waals surface area contributed by atoms with E-state index in [0.29, 0.717) is 13.0 Å². The van der Waals surface area contributed by atoms with E-state index in [0.717, 1.165) is 4.83 Å². The van der Waals surface area contributed by atoms with Crippen LogP contribution in [-0.4, -0.2) is 17.4 Å². The van der Waals surface area contributed by atoms with Crippen LogP contribution in [0.1, 0.15) is 59.3 Å². The normalized spacial score (nSPS) is 18.7. The number of rotatable bonds is 3. The maximum absolute atomic E-state index is 10.2. The predicted molar refractivity (Wildman–Crippen MR) is 95.5 cm³/mol. The van der Waals surface area contributed by atoms with E-state index in [1.807, 2.05) is 13.8 Å². The topological polar surface area (TPSA) is 26.3 Å². The van der Waals surface area contributed by atoms with Gasteiger partial charge in [0, 0.05) is 18.2 Å². The number of alkyl halides is 1. The molecule has 0 aromatic carbocycles. The zero-order valence-electron chi connectivity index (χ0n) is 13.6. The summed E-state index contributed by atoms with van der Waals surface area (Å²) >= 11 is 3.62. The van der Waals surface area contributed by atoms with E-state index in [4.69, 9.17) is 6.42 Å². The van der Waals surface area contributed by atoms with Gasteiger partial charge >= 0.3 is 5.97 Å². The molecular weight excluding hydrogens is 328 g/mol. The average Bonchev–Trinajstić information content (AvgIpc) is 2.45. The minimum Gasteiger partial charge on any atom is -0.466 e. The highest BCUT2D eigenvalue weighted by molar-refractivity contribution is 9.09. The Bertz CT molecular complexity index is 327. The summed E-state index contributed by atoms with van der Waals surface area (Å²) in [5, 5.41) is 0. The van der Waals surface area contributed by atoms with Gasteiger partial charge in [-0.1, -0.05) is 60.3 Å². The molecule has 0 N–H and O–H groups in total. The smallest absolute Gasteiger partial charge is 0.302 e. The van der Waals surface area contributed by atoms with Crippen LogP contribution in [0.4, 0.5) is 0 Å². The van der Waals surface area contributed by atoms with Gasteiger partial charge in [0.25, 0.3) is 0 Å². The molecule has 1 aliphatic carbocycles. The summed E-state index contributed by atoms with van der Waals surface area (Å²) in [4.78, 5) is 10.9. The summed E-state index contributed by atoms with van der Waals surface area (Å²) in [5.41, 5.74) is 0. The van der Waals surface area contributed by atoms with E-state index >= 15 is 0 Å². The Morgan fingerprint density at radius 1 is 1.43 bits per heavy atom. The molecule has 21 heavy (non-hydrogen) atoms. The third-order valence-electron chi connectivity index (χ3n) is 2.50. The molecular formula is C18H29BrO2. The minimum absolute atomic E-state index is 0.255. The molecule has 0 radical (unpaired) electrons. The van der Waals surface area contributed by atoms with Crippen molar-refractivity contribution in [3.63, 3.8) is 0 Å². The van der Waals surface area contributed by atoms with Crippen LogP contribution < -0.4 is 0 Å². The number of carbonyl (C=O) groups is 1. The lowest BCUT2D eigenvalue weighted by atomic mass is 10.1. The molecule has 0 amide bonds. The van der Waals surface area contributed by atoms with Crippen molar-refractivity contribution in [1.82, 2.24) is 0 Å². The van der Waals surface area contributed by atoms with Gasteiger partial charge in [-0.2, -0.15) is 0 Å². The van der Waals surface area contributed by atoms with E-state index in [1.54, 1.807) is 12.2 Å². The highest BCUT2D eigenvalue weighted by Crippen LogP contribution is 2.17. The monoisotopic (exact) mass is 356 g/mol. The molecule has 2 nitrogen and oxygen atoms in total. The highest BCUT2D eigenvalue weighted by Gasteiger charge is 2.02. The van der Waals surface area contributed by atoms with Gasteiger partial charge in [0.2, 0.25) is 0 Å². The molecule has 0 saturated heterocycles. The van der Waals surface area contributed by atoms with Gasteiger partial charge in [0.05, 0.1) is 6.61 Å². The maximum atomic E-state index is 10.2. The first-order chi connectivity index (χ1) is 10.2. The SMILES string of the molecule is Br[C@H]1C/C=C\CCCC1.C#C/C=C/CCOC(C)=O.CC. The van der Waals surface area contributed by atoms with Gasteiger partial charge < -0.3 is 4.74 Å². The molecule has 0 bridgehead atoms. The molecule has 0 aromatic heterocycles. The van der Waals surface area contributed by atoms with Crippen LogP contribution in [0.2, 0.25) is 0 Å². The molecule has 0 saturated carbocycles. The molecule has 0 aromatic rings. The first-order valence-electron chi connectivity index (χ1n) is 7.70. The number of hydrogen-bond acceptors (Lipinski definition) is 2. The lowest BCUT2D eigenvalue weighted by Crippen LogP contribution is -1.98. The Balaban J connectivity index is 0. The van der Waals surface area contributed by atoms with Gasteiger partial charge in [0.15, 0.2) is 0 Å². The van der Waals surface area contributed by atoms with Crippen LogP contribution in [-0.2, 0) is 9.53 Å². The number of halogens is 1. The van der Waals surface area contributed by atoms with E-state index in [9.17, 15) is 4.79 Å². The zero-order valence-corrected chi connectivity index (χ0v) is 15.2. The third-order valence-corrected chi connectivity index (χ3v) is 3.33. The number of carbonyl (C=O) groups excluding carboxylic acids is 1. The van der Waals surface area contributed by atoms with Crippen LogP contribution in [0.15, 0.2) is 24.3 Å². The van der Waals surface area contributed by atoms with Crippen molar-refractivity contribution in [3.05, 3.63) is 24.3 Å². The predicted octanol–water partition coefficient (Wildman–Crippen LogP) is 5.43. The minimum atomic E-state index is -0.255. The molecule has 1 rings (SSSR count). The second kappa shape index (κ2) is 19.0. The lowest BCUT2D eigenvalue weighted by molar-refractivity contribution is -0.140. The van der Waals surface area contributed by atoms with Gasteiger partial charge in [-0.3, -0.25) is 4.79 Å². The molecule has 3 heteroatoms. The number of esters is 1. The van der Waals surface area contributed by atoms with Crippen molar-refractivity contribution in [1.29, 1.82) is 0 Å². The van der Waals surface area contributed by atoms with E-state index < -0.39 is 0 Å². The maximum Gasteiger partial charge on any atom is 0.302 e. The zero-order chi connectivity index (χ0) is 16.3. The highest BCUT2D eigenvalue weighted by atomic mass is 79.9. The van der Waals surface area contributed by atoms with Crippen molar-refractivity contribution in [2.45, 2.75) is 64.1 Å². The van der Waals surface area contributed by atoms with Gasteiger partial charge in [-0.05, 0) is 31.8 Å². The van der Waals surface area contributed by atoms with Gasteiger partial charge in [0.1, 0.15) is 0 Å². The summed E-state index contributed by atoms with van der Waals surface area (Å²) in [6, 6.07) is 0. The number of terminal acetylenes is 1. The summed E-state index contributed by atoms with van der Waals surface area (Å²) in [7, 11) is 0. The van der Waals surface area contributed by atoms with Gasteiger partial charge in [-0.25, -0.2) is 0 Å². The lowest BCUT2D eigenvalue weighted by Gasteiger charge is -2.08. The molecule has 1 aliphatic rings. The average molecular weight is 357 g/mol. The summed E-state index contributed by atoms with van der Waals surface area (Å²) < 4.78 is 4.63. The fourth-order valence-corrected chi connectivity index (χ4v) is 2.07. The fraction of sp³-hybridized carbons (Fsp3) is 0.611. The van der Waals surface area contributed by atoms with Crippen molar-refractivity contribution in [3.8, 4) is 12.3 Å². The number of allylic oxidation sites excluding steroid dienone is 3. The van der Waals surface area contributed by atoms with E-state index in [-0.39, 0.29) is 5.97 Å². The quantitative estimate of drug-likeness (QED) is 0.221. The second-order valence-corrected chi connectivity index (χ2v) is 5.58. The Morgan fingerprint density at radius 3 is 2.76 bits per heavy atom. The van der Waals surface area contributed by atoms with Crippen LogP contribution in [0.25, 0.3) is 0 Å². The first kappa shape index (κ1) is 22.3. The molecule has 0 spiro atoms. The number of hydrogen-bond donors (Lipinski definition) is 0. The Labute approximate surface area is 139 Å². The van der Waals surface area contributed by atoms with Crippen molar-refractivity contribution in [2.24, 2.45) is 0 Å². The first-order valence-corrected chi connectivity index (χ1v) is 8.62. The summed E-state index contributed by atoms with van der Waals surface area (Å²) in [6.45, 7) is 5.79. The molecule has 0 aliphatic heterocycles. The van der Waals surface area contributed by atoms with Crippen molar-refractivity contribution < 1.29 is 9.53 Å². The Kier molecular flexibility index (Phi) is 20.1. The van der Waals surface area contributed by atoms with Crippen LogP contribution >= 0.6 is 15.9 Å². The summed E-state index contributed by atoms with van der Waals surface area (Å²) in [6.07, 6.45) is 20.2. The third kappa shape index (κ3) is 21.4. The van der Waals surface area contributed by atoms with E-state index in [1.165, 1.54) is 39.0 Å². The largest absolute Gasteiger partial charge is 0.466 e. The molecule has 0 fully saturated rings. The fourth-order valence-electron chi connectivity index (χ4n) is 1.53. The standard InChI is InChI=1S/C8H13Br.C8H10O2.C2H6/c9-8-6-4-2-1-3-5-7-8;1-3-4-5-6-7-10-8(2)9;1-2/h2,4,8H,1,3,5-7H2;1,4-5H,6-7H2,2H3;1-2H3/b4-2-;5-4+;/t8-;;/m0../s1. The Morgan fingerprint density at radius 2 is 2.14 bits per heavy atom. The van der Waals surface area contributed by atoms with E-state index in [2.05, 4.69) is 38.7 Å². The molecule has 120 valence electrons. The van der Waals surface area contributed by atoms with Crippen molar-refractivity contribution >= 4 is 21.9 Å². The Hall–Kier alpha value is -1.01.